The molecule has 3 heteroatoms. The van der Waals surface area contributed by atoms with E-state index in [1.54, 1.807) is 0 Å². The average Bonchev–Trinajstić information content (AvgIpc) is 2.13. The number of carbonyl (C=O) groups is 1. The molecule has 15 heavy (non-hydrogen) atoms. The average molecular weight is 214 g/mol. The standard InChI is InChI=1S/C12H26N2O/c1-9(2)5-11(7-13)6-12(15)14-8-10(3)4/h9-11H,5-8,13H2,1-4H3,(H,14,15)/t11-/m0/s1. The van der Waals surface area contributed by atoms with E-state index in [4.69, 9.17) is 5.73 Å². The zero-order chi connectivity index (χ0) is 11.8. The Morgan fingerprint density at radius 3 is 2.20 bits per heavy atom. The first-order chi connectivity index (χ1) is 6.95. The predicted molar refractivity (Wildman–Crippen MR) is 64.5 cm³/mol. The maximum absolute atomic E-state index is 11.5. The van der Waals surface area contributed by atoms with E-state index in [1.165, 1.54) is 0 Å². The summed E-state index contributed by atoms with van der Waals surface area (Å²) in [4.78, 5) is 11.5. The Labute approximate surface area is 93.8 Å². The molecule has 0 aliphatic rings. The van der Waals surface area contributed by atoms with Gasteiger partial charge in [-0.1, -0.05) is 27.7 Å². The van der Waals surface area contributed by atoms with Crippen molar-refractivity contribution in [2.45, 2.75) is 40.5 Å². The van der Waals surface area contributed by atoms with Crippen molar-refractivity contribution in [2.75, 3.05) is 13.1 Å². The van der Waals surface area contributed by atoms with Crippen LogP contribution in [0.1, 0.15) is 40.5 Å². The summed E-state index contributed by atoms with van der Waals surface area (Å²) in [6.45, 7) is 9.87. The molecule has 0 radical (unpaired) electrons. The van der Waals surface area contributed by atoms with Crippen LogP contribution in [0.2, 0.25) is 0 Å². The highest BCUT2D eigenvalue weighted by Crippen LogP contribution is 2.13. The second kappa shape index (κ2) is 7.69. The van der Waals surface area contributed by atoms with Gasteiger partial charge in [-0.25, -0.2) is 0 Å². The second-order valence-electron chi connectivity index (χ2n) is 5.13. The maximum Gasteiger partial charge on any atom is 0.220 e. The quantitative estimate of drug-likeness (QED) is 0.678. The molecule has 0 aromatic rings. The van der Waals surface area contributed by atoms with Gasteiger partial charge in [0, 0.05) is 13.0 Å². The van der Waals surface area contributed by atoms with Crippen LogP contribution in [0, 0.1) is 17.8 Å². The molecule has 0 spiro atoms. The summed E-state index contributed by atoms with van der Waals surface area (Å²) in [7, 11) is 0. The van der Waals surface area contributed by atoms with Gasteiger partial charge in [-0.05, 0) is 30.7 Å². The van der Waals surface area contributed by atoms with Crippen molar-refractivity contribution in [1.29, 1.82) is 0 Å². The van der Waals surface area contributed by atoms with Gasteiger partial charge in [0.15, 0.2) is 0 Å². The molecule has 3 nitrogen and oxygen atoms in total. The Kier molecular flexibility index (Phi) is 7.39. The summed E-state index contributed by atoms with van der Waals surface area (Å²) >= 11 is 0. The van der Waals surface area contributed by atoms with Crippen molar-refractivity contribution in [3.8, 4) is 0 Å². The molecule has 0 bridgehead atoms. The molecule has 0 saturated carbocycles. The molecule has 90 valence electrons. The van der Waals surface area contributed by atoms with Crippen molar-refractivity contribution in [2.24, 2.45) is 23.5 Å². The van der Waals surface area contributed by atoms with Crippen LogP contribution in [-0.4, -0.2) is 19.0 Å². The lowest BCUT2D eigenvalue weighted by Crippen LogP contribution is -2.31. The molecule has 1 atom stereocenters. The van der Waals surface area contributed by atoms with Gasteiger partial charge >= 0.3 is 0 Å². The molecular weight excluding hydrogens is 188 g/mol. The van der Waals surface area contributed by atoms with Gasteiger partial charge in [-0.15, -0.1) is 0 Å². The number of amides is 1. The topological polar surface area (TPSA) is 55.1 Å². The fourth-order valence-electron chi connectivity index (χ4n) is 1.58. The van der Waals surface area contributed by atoms with Crippen LogP contribution in [0.25, 0.3) is 0 Å². The van der Waals surface area contributed by atoms with E-state index in [9.17, 15) is 4.79 Å². The normalized spacial score (nSPS) is 13.3. The minimum absolute atomic E-state index is 0.139. The van der Waals surface area contributed by atoms with E-state index in [0.717, 1.165) is 13.0 Å². The van der Waals surface area contributed by atoms with Crippen molar-refractivity contribution in [1.82, 2.24) is 5.32 Å². The first kappa shape index (κ1) is 14.4. The molecule has 0 rings (SSSR count). The van der Waals surface area contributed by atoms with Crippen LogP contribution < -0.4 is 11.1 Å². The van der Waals surface area contributed by atoms with Crippen LogP contribution >= 0.6 is 0 Å². The highest BCUT2D eigenvalue weighted by atomic mass is 16.1. The monoisotopic (exact) mass is 214 g/mol. The molecule has 1 amide bonds. The molecule has 3 N–H and O–H groups in total. The zero-order valence-corrected chi connectivity index (χ0v) is 10.5. The van der Waals surface area contributed by atoms with Gasteiger partial charge < -0.3 is 11.1 Å². The van der Waals surface area contributed by atoms with Gasteiger partial charge in [0.2, 0.25) is 5.91 Å². The van der Waals surface area contributed by atoms with Crippen molar-refractivity contribution < 1.29 is 4.79 Å². The van der Waals surface area contributed by atoms with Crippen LogP contribution in [0.15, 0.2) is 0 Å². The van der Waals surface area contributed by atoms with Crippen LogP contribution in [0.4, 0.5) is 0 Å². The minimum Gasteiger partial charge on any atom is -0.356 e. The summed E-state index contributed by atoms with van der Waals surface area (Å²) in [5.41, 5.74) is 5.65. The van der Waals surface area contributed by atoms with Crippen LogP contribution in [0.3, 0.4) is 0 Å². The minimum atomic E-state index is 0.139. The molecule has 0 unspecified atom stereocenters. The number of carbonyl (C=O) groups excluding carboxylic acids is 1. The molecular formula is C12H26N2O. The fourth-order valence-corrected chi connectivity index (χ4v) is 1.58. The van der Waals surface area contributed by atoms with E-state index < -0.39 is 0 Å². The summed E-state index contributed by atoms with van der Waals surface area (Å²) < 4.78 is 0. The van der Waals surface area contributed by atoms with Gasteiger partial charge in [0.05, 0.1) is 0 Å². The fraction of sp³-hybridized carbons (Fsp3) is 0.917. The molecule has 0 aromatic carbocycles. The first-order valence-corrected chi connectivity index (χ1v) is 5.92. The maximum atomic E-state index is 11.5. The zero-order valence-electron chi connectivity index (χ0n) is 10.5. The first-order valence-electron chi connectivity index (χ1n) is 5.92. The third-order valence-electron chi connectivity index (χ3n) is 2.32. The summed E-state index contributed by atoms with van der Waals surface area (Å²) in [5.74, 6) is 1.59. The Morgan fingerprint density at radius 2 is 1.80 bits per heavy atom. The largest absolute Gasteiger partial charge is 0.356 e. The van der Waals surface area contributed by atoms with Crippen molar-refractivity contribution in [3.05, 3.63) is 0 Å². The number of nitrogens with two attached hydrogens (primary N) is 1. The lowest BCUT2D eigenvalue weighted by Gasteiger charge is -2.17. The predicted octanol–water partition coefficient (Wildman–Crippen LogP) is 1.77. The number of hydrogen-bond acceptors (Lipinski definition) is 2. The number of hydrogen-bond donors (Lipinski definition) is 2. The lowest BCUT2D eigenvalue weighted by molar-refractivity contribution is -0.122. The van der Waals surface area contributed by atoms with E-state index in [0.29, 0.717) is 30.7 Å². The Balaban J connectivity index is 3.80. The third-order valence-corrected chi connectivity index (χ3v) is 2.32. The highest BCUT2D eigenvalue weighted by Gasteiger charge is 2.13. The van der Waals surface area contributed by atoms with Crippen molar-refractivity contribution >= 4 is 5.91 Å². The summed E-state index contributed by atoms with van der Waals surface area (Å²) in [5, 5.41) is 2.93. The lowest BCUT2D eigenvalue weighted by atomic mass is 9.94. The van der Waals surface area contributed by atoms with Gasteiger partial charge in [-0.2, -0.15) is 0 Å². The van der Waals surface area contributed by atoms with E-state index in [-0.39, 0.29) is 5.91 Å². The summed E-state index contributed by atoms with van der Waals surface area (Å²) in [6, 6.07) is 0. The van der Waals surface area contributed by atoms with Crippen molar-refractivity contribution in [3.63, 3.8) is 0 Å². The number of nitrogens with one attached hydrogen (secondary N) is 1. The molecule has 0 aliphatic heterocycles. The third kappa shape index (κ3) is 8.43. The second-order valence-corrected chi connectivity index (χ2v) is 5.13. The Hall–Kier alpha value is -0.570. The number of rotatable bonds is 7. The van der Waals surface area contributed by atoms with Gasteiger partial charge in [0.25, 0.3) is 0 Å². The molecule has 0 aliphatic carbocycles. The summed E-state index contributed by atoms with van der Waals surface area (Å²) in [6.07, 6.45) is 1.60. The van der Waals surface area contributed by atoms with Crippen LogP contribution in [0.5, 0.6) is 0 Å². The Morgan fingerprint density at radius 1 is 1.20 bits per heavy atom. The van der Waals surface area contributed by atoms with E-state index in [2.05, 4.69) is 33.0 Å². The van der Waals surface area contributed by atoms with Crippen LogP contribution in [-0.2, 0) is 4.79 Å². The molecule has 0 aromatic heterocycles. The van der Waals surface area contributed by atoms with E-state index >= 15 is 0 Å². The SMILES string of the molecule is CC(C)CNC(=O)C[C@@H](CN)CC(C)C. The van der Waals surface area contributed by atoms with E-state index in [1.807, 2.05) is 0 Å². The molecule has 0 fully saturated rings. The Bertz CT molecular complexity index is 178. The van der Waals surface area contributed by atoms with Gasteiger partial charge in [0.1, 0.15) is 0 Å². The highest BCUT2D eigenvalue weighted by molar-refractivity contribution is 5.76. The smallest absolute Gasteiger partial charge is 0.220 e. The van der Waals surface area contributed by atoms with Gasteiger partial charge in [-0.3, -0.25) is 4.79 Å². The molecule has 0 saturated heterocycles. The molecule has 0 heterocycles.